The number of benzene rings is 1. The van der Waals surface area contributed by atoms with Crippen LogP contribution in [0.3, 0.4) is 0 Å². The van der Waals surface area contributed by atoms with Crippen molar-refractivity contribution in [1.29, 1.82) is 0 Å². The number of hydrogen-bond acceptors (Lipinski definition) is 2. The average molecular weight is 234 g/mol. The van der Waals surface area contributed by atoms with Crippen molar-refractivity contribution < 1.29 is 23.0 Å². The van der Waals surface area contributed by atoms with E-state index in [2.05, 4.69) is 0 Å². The van der Waals surface area contributed by atoms with Crippen LogP contribution in [-0.2, 0) is 6.18 Å². The summed E-state index contributed by atoms with van der Waals surface area (Å²) in [5, 5.41) is 8.52. The number of aliphatic hydroxyl groups is 1. The zero-order chi connectivity index (χ0) is 12.2. The topological polar surface area (TPSA) is 29.5 Å². The second-order valence-corrected chi connectivity index (χ2v) is 3.42. The third kappa shape index (κ3) is 3.41. The van der Waals surface area contributed by atoms with Gasteiger partial charge in [0.1, 0.15) is 5.75 Å². The molecule has 0 radical (unpaired) electrons. The van der Waals surface area contributed by atoms with Gasteiger partial charge in [-0.05, 0) is 19.1 Å². The number of aliphatic hydroxyl groups excluding tert-OH is 1. The molecule has 0 saturated carbocycles. The predicted octanol–water partition coefficient (Wildman–Crippen LogP) is 2.78. The number of rotatable bonds is 4. The third-order valence-electron chi connectivity index (χ3n) is 2.00. The minimum absolute atomic E-state index is 0.0721. The Bertz CT molecular complexity index is 348. The van der Waals surface area contributed by atoms with Crippen molar-refractivity contribution in [3.63, 3.8) is 0 Å². The van der Waals surface area contributed by atoms with Crippen molar-refractivity contribution in [3.8, 4) is 5.75 Å². The number of aryl methyl sites for hydroxylation is 1. The highest BCUT2D eigenvalue weighted by molar-refractivity contribution is 5.38. The molecule has 0 aliphatic rings. The third-order valence-corrected chi connectivity index (χ3v) is 2.00. The Morgan fingerprint density at radius 3 is 2.56 bits per heavy atom. The van der Waals surface area contributed by atoms with Gasteiger partial charge in [-0.3, -0.25) is 0 Å². The Balaban J connectivity index is 2.90. The van der Waals surface area contributed by atoms with Crippen molar-refractivity contribution in [2.24, 2.45) is 0 Å². The van der Waals surface area contributed by atoms with Crippen LogP contribution in [0.15, 0.2) is 18.2 Å². The molecule has 0 unspecified atom stereocenters. The van der Waals surface area contributed by atoms with E-state index in [9.17, 15) is 13.2 Å². The molecule has 0 aliphatic carbocycles. The normalized spacial score (nSPS) is 11.6. The van der Waals surface area contributed by atoms with E-state index in [4.69, 9.17) is 9.84 Å². The van der Waals surface area contributed by atoms with Crippen molar-refractivity contribution in [1.82, 2.24) is 0 Å². The molecule has 0 amide bonds. The molecule has 1 aromatic rings. The zero-order valence-electron chi connectivity index (χ0n) is 8.84. The highest BCUT2D eigenvalue weighted by Crippen LogP contribution is 2.36. The van der Waals surface area contributed by atoms with Crippen LogP contribution in [0.5, 0.6) is 5.75 Å². The summed E-state index contributed by atoms with van der Waals surface area (Å²) in [6, 6.07) is 3.91. The Morgan fingerprint density at radius 1 is 1.31 bits per heavy atom. The molecular weight excluding hydrogens is 221 g/mol. The molecule has 0 bridgehead atoms. The van der Waals surface area contributed by atoms with Gasteiger partial charge >= 0.3 is 6.18 Å². The molecule has 16 heavy (non-hydrogen) atoms. The van der Waals surface area contributed by atoms with E-state index in [-0.39, 0.29) is 19.0 Å². The number of alkyl halides is 3. The van der Waals surface area contributed by atoms with E-state index in [1.807, 2.05) is 0 Å². The summed E-state index contributed by atoms with van der Waals surface area (Å²) >= 11 is 0. The monoisotopic (exact) mass is 234 g/mol. The Morgan fingerprint density at radius 2 is 2.00 bits per heavy atom. The van der Waals surface area contributed by atoms with Crippen LogP contribution < -0.4 is 4.74 Å². The lowest BCUT2D eigenvalue weighted by Crippen LogP contribution is -2.10. The molecule has 0 atom stereocenters. The number of halogens is 3. The molecule has 0 aromatic heterocycles. The fourth-order valence-corrected chi connectivity index (χ4v) is 1.24. The maximum Gasteiger partial charge on any atom is 0.419 e. The lowest BCUT2D eigenvalue weighted by atomic mass is 10.1. The van der Waals surface area contributed by atoms with Crippen molar-refractivity contribution in [2.75, 3.05) is 13.2 Å². The summed E-state index contributed by atoms with van der Waals surface area (Å²) < 4.78 is 42.8. The van der Waals surface area contributed by atoms with Crippen LogP contribution in [0.1, 0.15) is 17.5 Å². The van der Waals surface area contributed by atoms with Crippen LogP contribution in [0, 0.1) is 6.92 Å². The Labute approximate surface area is 91.7 Å². The van der Waals surface area contributed by atoms with Crippen molar-refractivity contribution in [3.05, 3.63) is 29.3 Å². The van der Waals surface area contributed by atoms with Crippen LogP contribution in [-0.4, -0.2) is 18.3 Å². The largest absolute Gasteiger partial charge is 0.493 e. The summed E-state index contributed by atoms with van der Waals surface area (Å²) in [6.45, 7) is 1.56. The molecule has 0 fully saturated rings. The van der Waals surface area contributed by atoms with Gasteiger partial charge in [-0.15, -0.1) is 0 Å². The van der Waals surface area contributed by atoms with Gasteiger partial charge in [-0.25, -0.2) is 0 Å². The molecule has 2 nitrogen and oxygen atoms in total. The smallest absolute Gasteiger partial charge is 0.419 e. The molecule has 0 spiro atoms. The molecule has 1 rings (SSSR count). The van der Waals surface area contributed by atoms with Gasteiger partial charge in [0.25, 0.3) is 0 Å². The van der Waals surface area contributed by atoms with E-state index in [1.165, 1.54) is 6.07 Å². The molecule has 1 aromatic carbocycles. The standard InChI is InChI=1S/C11H13F3O2/c1-8-3-4-10(16-6-2-5-15)9(7-8)11(12,13)14/h3-4,7,15H,2,5-6H2,1H3. The summed E-state index contributed by atoms with van der Waals surface area (Å²) in [4.78, 5) is 0. The lowest BCUT2D eigenvalue weighted by molar-refractivity contribution is -0.139. The second-order valence-electron chi connectivity index (χ2n) is 3.42. The summed E-state index contributed by atoms with van der Waals surface area (Å²) in [5.41, 5.74) is -0.243. The molecule has 1 N–H and O–H groups in total. The van der Waals surface area contributed by atoms with E-state index < -0.39 is 11.7 Å². The first-order valence-corrected chi connectivity index (χ1v) is 4.86. The molecule has 90 valence electrons. The number of hydrogen-bond donors (Lipinski definition) is 1. The van der Waals surface area contributed by atoms with Gasteiger partial charge in [0.05, 0.1) is 12.2 Å². The van der Waals surface area contributed by atoms with Crippen molar-refractivity contribution in [2.45, 2.75) is 19.5 Å². The second kappa shape index (κ2) is 5.21. The van der Waals surface area contributed by atoms with Gasteiger partial charge in [0.2, 0.25) is 0 Å². The summed E-state index contributed by atoms with van der Waals surface area (Å²) in [7, 11) is 0. The minimum atomic E-state index is -4.42. The lowest BCUT2D eigenvalue weighted by Gasteiger charge is -2.14. The fraction of sp³-hybridized carbons (Fsp3) is 0.455. The molecule has 5 heteroatoms. The minimum Gasteiger partial charge on any atom is -0.493 e. The maximum absolute atomic E-state index is 12.6. The Kier molecular flexibility index (Phi) is 4.18. The van der Waals surface area contributed by atoms with E-state index in [1.54, 1.807) is 13.0 Å². The molecule has 0 heterocycles. The quantitative estimate of drug-likeness (QED) is 0.812. The van der Waals surface area contributed by atoms with Crippen molar-refractivity contribution >= 4 is 0 Å². The molecule has 0 aliphatic heterocycles. The summed E-state index contributed by atoms with van der Waals surface area (Å²) in [5.74, 6) is -0.188. The van der Waals surface area contributed by atoms with Gasteiger partial charge in [-0.1, -0.05) is 11.6 Å². The first kappa shape index (κ1) is 12.8. The van der Waals surface area contributed by atoms with Crippen LogP contribution in [0.2, 0.25) is 0 Å². The van der Waals surface area contributed by atoms with Crippen LogP contribution in [0.4, 0.5) is 13.2 Å². The van der Waals surface area contributed by atoms with Gasteiger partial charge in [0.15, 0.2) is 0 Å². The Hall–Kier alpha value is -1.23. The highest BCUT2D eigenvalue weighted by Gasteiger charge is 2.34. The molecular formula is C11H13F3O2. The fourth-order valence-electron chi connectivity index (χ4n) is 1.24. The first-order chi connectivity index (χ1) is 7.45. The average Bonchev–Trinajstić information content (AvgIpc) is 2.19. The van der Waals surface area contributed by atoms with Gasteiger partial charge < -0.3 is 9.84 Å². The summed E-state index contributed by atoms with van der Waals surface area (Å²) in [6.07, 6.45) is -4.11. The molecule has 0 saturated heterocycles. The maximum atomic E-state index is 12.6. The van der Waals surface area contributed by atoms with Gasteiger partial charge in [0, 0.05) is 13.0 Å². The number of ether oxygens (including phenoxy) is 1. The van der Waals surface area contributed by atoms with E-state index in [0.717, 1.165) is 6.07 Å². The van der Waals surface area contributed by atoms with Crippen LogP contribution >= 0.6 is 0 Å². The van der Waals surface area contributed by atoms with Gasteiger partial charge in [-0.2, -0.15) is 13.2 Å². The van der Waals surface area contributed by atoms with Crippen LogP contribution in [0.25, 0.3) is 0 Å². The van der Waals surface area contributed by atoms with E-state index >= 15 is 0 Å². The first-order valence-electron chi connectivity index (χ1n) is 4.86. The SMILES string of the molecule is Cc1ccc(OCCCO)c(C(F)(F)F)c1. The zero-order valence-corrected chi connectivity index (χ0v) is 8.84. The highest BCUT2D eigenvalue weighted by atomic mass is 19.4. The van der Waals surface area contributed by atoms with E-state index in [0.29, 0.717) is 12.0 Å². The predicted molar refractivity (Wildman–Crippen MR) is 53.4 cm³/mol.